The average Bonchev–Trinajstić information content (AvgIpc) is 3.04. The van der Waals surface area contributed by atoms with Crippen LogP contribution in [0.5, 0.6) is 0 Å². The van der Waals surface area contributed by atoms with E-state index in [4.69, 9.17) is 21.3 Å². The van der Waals surface area contributed by atoms with Crippen molar-refractivity contribution in [1.29, 1.82) is 0 Å². The van der Waals surface area contributed by atoms with Crippen LogP contribution < -0.4 is 0 Å². The number of ether oxygens (including phenoxy) is 1. The fraction of sp³-hybridized carbons (Fsp3) is 0.714. The molecule has 2 heterocycles. The molecular weight excluding hydrogens is 375 g/mol. The monoisotopic (exact) mass is 392 g/mol. The molecule has 1 aromatic rings. The molecule has 1 aliphatic carbocycles. The number of rotatable bonds is 2. The third-order valence-corrected chi connectivity index (χ3v) is 5.93. The summed E-state index contributed by atoms with van der Waals surface area (Å²) >= 11 is 8.61. The highest BCUT2D eigenvalue weighted by molar-refractivity contribution is 14.1. The van der Waals surface area contributed by atoms with Gasteiger partial charge in [0, 0.05) is 12.5 Å². The second-order valence-electron chi connectivity index (χ2n) is 5.70. The molecule has 1 saturated carbocycles. The first kappa shape index (κ1) is 14.0. The molecule has 0 amide bonds. The lowest BCUT2D eigenvalue weighted by Crippen LogP contribution is -2.25. The van der Waals surface area contributed by atoms with Crippen LogP contribution in [0.25, 0.3) is 0 Å². The van der Waals surface area contributed by atoms with Crippen molar-refractivity contribution >= 4 is 34.2 Å². The Morgan fingerprint density at radius 1 is 1.26 bits per heavy atom. The van der Waals surface area contributed by atoms with Gasteiger partial charge in [0.2, 0.25) is 0 Å². The zero-order chi connectivity index (χ0) is 13.5. The summed E-state index contributed by atoms with van der Waals surface area (Å²) in [5.41, 5.74) is 0.797. The van der Waals surface area contributed by atoms with E-state index < -0.39 is 0 Å². The van der Waals surface area contributed by atoms with E-state index in [1.54, 1.807) is 0 Å². The minimum Gasteiger partial charge on any atom is -0.367 e. The lowest BCUT2D eigenvalue weighted by atomic mass is 10.00. The minimum absolute atomic E-state index is 0.346. The molecule has 1 saturated heterocycles. The van der Waals surface area contributed by atoms with E-state index in [1.807, 2.05) is 0 Å². The molecule has 1 atom stereocenters. The Hall–Kier alpha value is 0.0600. The second kappa shape index (κ2) is 5.45. The summed E-state index contributed by atoms with van der Waals surface area (Å²) in [6, 6.07) is 0. The first-order chi connectivity index (χ1) is 9.10. The van der Waals surface area contributed by atoms with Crippen molar-refractivity contribution in [3.63, 3.8) is 0 Å². The molecule has 5 heteroatoms. The van der Waals surface area contributed by atoms with Crippen molar-refractivity contribution in [3.05, 3.63) is 20.2 Å². The van der Waals surface area contributed by atoms with Gasteiger partial charge in [-0.05, 0) is 55.2 Å². The molecule has 0 spiro atoms. The zero-order valence-electron chi connectivity index (χ0n) is 11.1. The Kier molecular flexibility index (Phi) is 4.02. The van der Waals surface area contributed by atoms with Crippen LogP contribution in [0, 0.1) is 3.57 Å². The molecule has 2 aliphatic rings. The van der Waals surface area contributed by atoms with E-state index in [1.165, 1.54) is 25.7 Å². The van der Waals surface area contributed by atoms with Gasteiger partial charge >= 0.3 is 0 Å². The standard InChI is InChI=1S/C14H18ClIN2O/c1-14(7-4-8-19-14)13-17-11(9-5-2-3-6-9)10(16)12(15)18-13/h9H,2-8H2,1H3. The first-order valence-electron chi connectivity index (χ1n) is 6.97. The molecule has 1 unspecified atom stereocenters. The van der Waals surface area contributed by atoms with Crippen LogP contribution in [0.1, 0.15) is 62.9 Å². The molecule has 1 aliphatic heterocycles. The summed E-state index contributed by atoms with van der Waals surface area (Å²) in [6.45, 7) is 2.87. The van der Waals surface area contributed by atoms with E-state index >= 15 is 0 Å². The molecule has 3 rings (SSSR count). The van der Waals surface area contributed by atoms with Gasteiger partial charge in [-0.1, -0.05) is 24.4 Å². The molecule has 104 valence electrons. The third-order valence-electron chi connectivity index (χ3n) is 4.27. The van der Waals surface area contributed by atoms with Gasteiger partial charge in [0.1, 0.15) is 10.8 Å². The normalized spacial score (nSPS) is 28.2. The fourth-order valence-corrected chi connectivity index (χ4v) is 3.96. The maximum Gasteiger partial charge on any atom is 0.162 e. The predicted octanol–water partition coefficient (Wildman–Crippen LogP) is 4.42. The van der Waals surface area contributed by atoms with Gasteiger partial charge in [0.15, 0.2) is 5.82 Å². The number of halogens is 2. The highest BCUT2D eigenvalue weighted by atomic mass is 127. The van der Waals surface area contributed by atoms with Gasteiger partial charge in [-0.15, -0.1) is 0 Å². The predicted molar refractivity (Wildman–Crippen MR) is 83.5 cm³/mol. The summed E-state index contributed by atoms with van der Waals surface area (Å²) in [7, 11) is 0. The number of hydrogen-bond donors (Lipinski definition) is 0. The summed E-state index contributed by atoms with van der Waals surface area (Å²) in [6.07, 6.45) is 7.09. The fourth-order valence-electron chi connectivity index (χ4n) is 3.10. The van der Waals surface area contributed by atoms with E-state index in [-0.39, 0.29) is 5.60 Å². The minimum atomic E-state index is -0.346. The van der Waals surface area contributed by atoms with Crippen molar-refractivity contribution in [2.75, 3.05) is 6.61 Å². The number of nitrogens with zero attached hydrogens (tertiary/aromatic N) is 2. The summed E-state index contributed by atoms with van der Waals surface area (Å²) in [5.74, 6) is 1.33. The van der Waals surface area contributed by atoms with Gasteiger partial charge in [-0.2, -0.15) is 0 Å². The number of hydrogen-bond acceptors (Lipinski definition) is 3. The zero-order valence-corrected chi connectivity index (χ0v) is 14.0. The van der Waals surface area contributed by atoms with Crippen molar-refractivity contribution in [2.45, 2.75) is 57.0 Å². The SMILES string of the molecule is CC1(c2nc(Cl)c(I)c(C3CCCC3)n2)CCCO1. The number of aromatic nitrogens is 2. The third kappa shape index (κ3) is 2.63. The Bertz CT molecular complexity index is 483. The maximum atomic E-state index is 6.32. The molecule has 0 radical (unpaired) electrons. The lowest BCUT2D eigenvalue weighted by molar-refractivity contribution is 0.00906. The van der Waals surface area contributed by atoms with Crippen molar-refractivity contribution in [1.82, 2.24) is 9.97 Å². The van der Waals surface area contributed by atoms with Crippen molar-refractivity contribution in [2.24, 2.45) is 0 Å². The summed E-state index contributed by atoms with van der Waals surface area (Å²) < 4.78 is 6.88. The Balaban J connectivity index is 2.02. The Morgan fingerprint density at radius 2 is 2.00 bits per heavy atom. The molecule has 0 bridgehead atoms. The van der Waals surface area contributed by atoms with Crippen LogP contribution in [0.15, 0.2) is 0 Å². The molecule has 0 aromatic carbocycles. The van der Waals surface area contributed by atoms with Crippen LogP contribution in [-0.2, 0) is 10.3 Å². The molecule has 3 nitrogen and oxygen atoms in total. The summed E-state index contributed by atoms with van der Waals surface area (Å²) in [5, 5.41) is 0.587. The maximum absolute atomic E-state index is 6.32. The smallest absolute Gasteiger partial charge is 0.162 e. The molecule has 2 fully saturated rings. The largest absolute Gasteiger partial charge is 0.367 e. The molecule has 19 heavy (non-hydrogen) atoms. The van der Waals surface area contributed by atoms with E-state index in [0.717, 1.165) is 34.5 Å². The van der Waals surface area contributed by atoms with Crippen LogP contribution in [-0.4, -0.2) is 16.6 Å². The van der Waals surface area contributed by atoms with Gasteiger partial charge in [0.25, 0.3) is 0 Å². The highest BCUT2D eigenvalue weighted by Gasteiger charge is 2.36. The Labute approximate surface area is 132 Å². The van der Waals surface area contributed by atoms with Crippen LogP contribution in [0.2, 0.25) is 5.15 Å². The van der Waals surface area contributed by atoms with E-state index in [9.17, 15) is 0 Å². The van der Waals surface area contributed by atoms with Gasteiger partial charge in [0.05, 0.1) is 9.26 Å². The Morgan fingerprint density at radius 3 is 2.63 bits per heavy atom. The van der Waals surface area contributed by atoms with Crippen molar-refractivity contribution in [3.8, 4) is 0 Å². The van der Waals surface area contributed by atoms with Crippen molar-refractivity contribution < 1.29 is 4.74 Å². The first-order valence-corrected chi connectivity index (χ1v) is 8.43. The molecular formula is C14H18ClIN2O. The van der Waals surface area contributed by atoms with Crippen LogP contribution in [0.4, 0.5) is 0 Å². The van der Waals surface area contributed by atoms with Crippen LogP contribution >= 0.6 is 34.2 Å². The van der Waals surface area contributed by atoms with E-state index in [2.05, 4.69) is 34.5 Å². The topological polar surface area (TPSA) is 35.0 Å². The summed E-state index contributed by atoms with van der Waals surface area (Å²) in [4.78, 5) is 9.32. The highest BCUT2D eigenvalue weighted by Crippen LogP contribution is 2.40. The van der Waals surface area contributed by atoms with Gasteiger partial charge < -0.3 is 4.74 Å². The second-order valence-corrected chi connectivity index (χ2v) is 7.14. The average molecular weight is 393 g/mol. The quantitative estimate of drug-likeness (QED) is 0.552. The van der Waals surface area contributed by atoms with Gasteiger partial charge in [-0.3, -0.25) is 0 Å². The van der Waals surface area contributed by atoms with E-state index in [0.29, 0.717) is 11.1 Å². The lowest BCUT2D eigenvalue weighted by Gasteiger charge is -2.23. The molecule has 0 N–H and O–H groups in total. The van der Waals surface area contributed by atoms with Gasteiger partial charge in [-0.25, -0.2) is 9.97 Å². The van der Waals surface area contributed by atoms with Crippen LogP contribution in [0.3, 0.4) is 0 Å². The molecule has 1 aromatic heterocycles.